The Morgan fingerprint density at radius 1 is 1.10 bits per heavy atom. The van der Waals surface area contributed by atoms with Gasteiger partial charge < -0.3 is 15.0 Å². The average Bonchev–Trinajstić information content (AvgIpc) is 3.61. The monoisotopic (exact) mass is 404 g/mol. The minimum atomic E-state index is -0.333. The van der Waals surface area contributed by atoms with Crippen molar-refractivity contribution >= 4 is 5.91 Å². The first kappa shape index (κ1) is 19.8. The van der Waals surface area contributed by atoms with Crippen LogP contribution in [0.5, 0.6) is 5.75 Å². The second-order valence-electron chi connectivity index (χ2n) is 7.49. The smallest absolute Gasteiger partial charge is 0.273 e. The van der Waals surface area contributed by atoms with Crippen molar-refractivity contribution in [1.29, 1.82) is 0 Å². The lowest BCUT2D eigenvalue weighted by molar-refractivity contribution is -0.121. The average molecular weight is 404 g/mol. The number of carbonyl (C=O) groups excluding carboxylic acids is 1. The van der Waals surface area contributed by atoms with E-state index in [0.29, 0.717) is 18.3 Å². The van der Waals surface area contributed by atoms with Crippen molar-refractivity contribution in [2.24, 2.45) is 5.92 Å². The standard InChI is InChI=1S/C23H24N4O3/c28-21(24-14-16-5-2-1-3-6-16)12-11-20-23(29)25-22(27-26-20)18-7-4-8-19(13-18)30-15-17-9-10-17/h1-8,13,17H,9-12,14-15H2,(H,24,28)(H,25,27,29). The molecule has 0 spiro atoms. The number of rotatable bonds is 9. The zero-order chi connectivity index (χ0) is 20.8. The third-order valence-electron chi connectivity index (χ3n) is 4.98. The van der Waals surface area contributed by atoms with Crippen LogP contribution in [-0.2, 0) is 17.8 Å². The van der Waals surface area contributed by atoms with Crippen molar-refractivity contribution in [2.75, 3.05) is 6.61 Å². The number of amides is 1. The summed E-state index contributed by atoms with van der Waals surface area (Å²) in [7, 11) is 0. The molecule has 4 rings (SSSR count). The fourth-order valence-corrected chi connectivity index (χ4v) is 3.00. The van der Waals surface area contributed by atoms with Crippen molar-refractivity contribution in [2.45, 2.75) is 32.2 Å². The molecule has 1 fully saturated rings. The highest BCUT2D eigenvalue weighted by Gasteiger charge is 2.22. The molecule has 1 amide bonds. The molecule has 1 saturated carbocycles. The molecule has 0 saturated heterocycles. The number of aromatic nitrogens is 3. The first-order valence-electron chi connectivity index (χ1n) is 10.2. The van der Waals surface area contributed by atoms with Crippen LogP contribution < -0.4 is 15.6 Å². The van der Waals surface area contributed by atoms with Crippen LogP contribution in [0.1, 0.15) is 30.5 Å². The molecule has 3 aromatic rings. The Bertz CT molecular complexity index is 1060. The molecule has 2 aromatic carbocycles. The Kier molecular flexibility index (Phi) is 6.17. The molecule has 0 radical (unpaired) electrons. The molecule has 154 valence electrons. The van der Waals surface area contributed by atoms with Crippen molar-refractivity contribution in [1.82, 2.24) is 20.5 Å². The van der Waals surface area contributed by atoms with E-state index in [-0.39, 0.29) is 30.0 Å². The van der Waals surface area contributed by atoms with E-state index < -0.39 is 0 Å². The van der Waals surface area contributed by atoms with Gasteiger partial charge in [0, 0.05) is 24.9 Å². The maximum absolute atomic E-state index is 12.4. The highest BCUT2D eigenvalue weighted by molar-refractivity contribution is 5.76. The van der Waals surface area contributed by atoms with Gasteiger partial charge in [-0.15, -0.1) is 10.2 Å². The number of aromatic amines is 1. The van der Waals surface area contributed by atoms with Crippen molar-refractivity contribution in [3.05, 3.63) is 76.2 Å². The molecule has 0 bridgehead atoms. The van der Waals surface area contributed by atoms with Crippen molar-refractivity contribution in [3.63, 3.8) is 0 Å². The number of nitrogens with one attached hydrogen (secondary N) is 2. The summed E-state index contributed by atoms with van der Waals surface area (Å²) in [4.78, 5) is 27.2. The summed E-state index contributed by atoms with van der Waals surface area (Å²) in [6.45, 7) is 1.18. The number of hydrogen-bond acceptors (Lipinski definition) is 5. The summed E-state index contributed by atoms with van der Waals surface area (Å²) in [5.74, 6) is 1.66. The number of benzene rings is 2. The Morgan fingerprint density at radius 2 is 1.93 bits per heavy atom. The Morgan fingerprint density at radius 3 is 2.70 bits per heavy atom. The first-order valence-corrected chi connectivity index (χ1v) is 10.2. The summed E-state index contributed by atoms with van der Waals surface area (Å²) in [6.07, 6.45) is 2.86. The molecule has 30 heavy (non-hydrogen) atoms. The molecule has 2 N–H and O–H groups in total. The van der Waals surface area contributed by atoms with Crippen LogP contribution in [0.3, 0.4) is 0 Å². The SMILES string of the molecule is O=C(CCc1nnc(-c2cccc(OCC3CC3)c2)[nH]c1=O)NCc1ccccc1. The maximum atomic E-state index is 12.4. The minimum absolute atomic E-state index is 0.135. The molecule has 1 aliphatic carbocycles. The van der Waals surface area contributed by atoms with E-state index in [1.54, 1.807) is 0 Å². The van der Waals surface area contributed by atoms with Crippen LogP contribution in [0.25, 0.3) is 11.4 Å². The molecule has 0 unspecified atom stereocenters. The molecular weight excluding hydrogens is 380 g/mol. The molecule has 1 aromatic heterocycles. The van der Waals surface area contributed by atoms with Gasteiger partial charge in [-0.3, -0.25) is 9.59 Å². The number of hydrogen-bond donors (Lipinski definition) is 2. The van der Waals surface area contributed by atoms with Gasteiger partial charge in [0.1, 0.15) is 11.4 Å². The summed E-state index contributed by atoms with van der Waals surface area (Å²) in [5, 5.41) is 11.0. The van der Waals surface area contributed by atoms with E-state index in [2.05, 4.69) is 20.5 Å². The summed E-state index contributed by atoms with van der Waals surface area (Å²) in [5.41, 5.74) is 1.67. The van der Waals surface area contributed by atoms with Gasteiger partial charge in [0.25, 0.3) is 5.56 Å². The van der Waals surface area contributed by atoms with Crippen molar-refractivity contribution < 1.29 is 9.53 Å². The number of H-pyrrole nitrogens is 1. The van der Waals surface area contributed by atoms with Crippen LogP contribution in [0.2, 0.25) is 0 Å². The Hall–Kier alpha value is -3.48. The molecule has 0 aliphatic heterocycles. The van der Waals surface area contributed by atoms with Gasteiger partial charge in [-0.1, -0.05) is 42.5 Å². The molecular formula is C23H24N4O3. The van der Waals surface area contributed by atoms with E-state index >= 15 is 0 Å². The molecule has 1 heterocycles. The van der Waals surface area contributed by atoms with Crippen molar-refractivity contribution in [3.8, 4) is 17.1 Å². The second kappa shape index (κ2) is 9.35. The highest BCUT2D eigenvalue weighted by Crippen LogP contribution is 2.30. The fourth-order valence-electron chi connectivity index (χ4n) is 3.00. The van der Waals surface area contributed by atoms with E-state index in [1.165, 1.54) is 12.8 Å². The summed E-state index contributed by atoms with van der Waals surface area (Å²) >= 11 is 0. The van der Waals surface area contributed by atoms with Gasteiger partial charge >= 0.3 is 0 Å². The second-order valence-corrected chi connectivity index (χ2v) is 7.49. The summed E-state index contributed by atoms with van der Waals surface area (Å²) < 4.78 is 5.78. The highest BCUT2D eigenvalue weighted by atomic mass is 16.5. The van der Waals surface area contributed by atoms with Gasteiger partial charge in [-0.2, -0.15) is 0 Å². The molecule has 0 atom stereocenters. The van der Waals surface area contributed by atoms with Crippen LogP contribution in [0.15, 0.2) is 59.4 Å². The number of ether oxygens (including phenoxy) is 1. The van der Waals surface area contributed by atoms with E-state index in [0.717, 1.165) is 23.5 Å². The number of nitrogens with zero attached hydrogens (tertiary/aromatic N) is 2. The predicted molar refractivity (Wildman–Crippen MR) is 113 cm³/mol. The maximum Gasteiger partial charge on any atom is 0.273 e. The quantitative estimate of drug-likeness (QED) is 0.572. The van der Waals surface area contributed by atoms with Gasteiger partial charge in [0.2, 0.25) is 5.91 Å². The summed E-state index contributed by atoms with van der Waals surface area (Å²) in [6, 6.07) is 17.1. The first-order chi connectivity index (χ1) is 14.7. The van der Waals surface area contributed by atoms with Crippen LogP contribution in [0.4, 0.5) is 0 Å². The van der Waals surface area contributed by atoms with Gasteiger partial charge in [0.15, 0.2) is 5.82 Å². The fraction of sp³-hybridized carbons (Fsp3) is 0.304. The lowest BCUT2D eigenvalue weighted by atomic mass is 10.2. The van der Waals surface area contributed by atoms with Gasteiger partial charge in [-0.25, -0.2) is 0 Å². The molecule has 7 heteroatoms. The third kappa shape index (κ3) is 5.53. The van der Waals surface area contributed by atoms with E-state index in [9.17, 15) is 9.59 Å². The third-order valence-corrected chi connectivity index (χ3v) is 4.98. The van der Waals surface area contributed by atoms with E-state index in [4.69, 9.17) is 4.74 Å². The molecule has 1 aliphatic rings. The zero-order valence-electron chi connectivity index (χ0n) is 16.6. The lowest BCUT2D eigenvalue weighted by Gasteiger charge is -2.07. The Balaban J connectivity index is 1.33. The van der Waals surface area contributed by atoms with Gasteiger partial charge in [0.05, 0.1) is 6.61 Å². The largest absolute Gasteiger partial charge is 0.493 e. The number of aryl methyl sites for hydroxylation is 1. The molecule has 7 nitrogen and oxygen atoms in total. The normalized spacial score (nSPS) is 13.1. The lowest BCUT2D eigenvalue weighted by Crippen LogP contribution is -2.25. The van der Waals surface area contributed by atoms with Crippen LogP contribution in [0, 0.1) is 5.92 Å². The zero-order valence-corrected chi connectivity index (χ0v) is 16.6. The van der Waals surface area contributed by atoms with Gasteiger partial charge in [-0.05, 0) is 36.5 Å². The van der Waals surface area contributed by atoms with Crippen LogP contribution in [-0.4, -0.2) is 27.7 Å². The topological polar surface area (TPSA) is 97.0 Å². The van der Waals surface area contributed by atoms with E-state index in [1.807, 2.05) is 54.6 Å². The van der Waals surface area contributed by atoms with Crippen LogP contribution >= 0.6 is 0 Å². The minimum Gasteiger partial charge on any atom is -0.493 e. The number of carbonyl (C=O) groups is 1. The predicted octanol–water partition coefficient (Wildman–Crippen LogP) is 2.87. The Labute approximate surface area is 174 Å².